The number of hydrazine groups is 1. The summed E-state index contributed by atoms with van der Waals surface area (Å²) in [7, 11) is 0. The van der Waals surface area contributed by atoms with E-state index in [9.17, 15) is 15.1 Å². The van der Waals surface area contributed by atoms with Crippen molar-refractivity contribution in [3.05, 3.63) is 60.7 Å². The maximum Gasteiger partial charge on any atom is 0.601 e. The van der Waals surface area contributed by atoms with Crippen LogP contribution in [0.5, 0.6) is 0 Å². The summed E-state index contributed by atoms with van der Waals surface area (Å²) in [5.74, 6) is 0. The van der Waals surface area contributed by atoms with Crippen LogP contribution in [0.1, 0.15) is 0 Å². The molecular formula is C13H12N2O3+. The smallest absolute Gasteiger partial charge is 0.429 e. The third-order valence-electron chi connectivity index (χ3n) is 2.36. The van der Waals surface area contributed by atoms with Gasteiger partial charge in [-0.15, -0.1) is 0 Å². The van der Waals surface area contributed by atoms with Crippen molar-refractivity contribution in [3.8, 4) is 0 Å². The van der Waals surface area contributed by atoms with Crippen LogP contribution in [0, 0.1) is 0 Å². The van der Waals surface area contributed by atoms with Gasteiger partial charge in [-0.3, -0.25) is 0 Å². The first kappa shape index (κ1) is 12.1. The van der Waals surface area contributed by atoms with Crippen LogP contribution in [-0.4, -0.2) is 16.4 Å². The van der Waals surface area contributed by atoms with Crippen LogP contribution < -0.4 is 10.2 Å². The van der Waals surface area contributed by atoms with Crippen LogP contribution in [0.4, 0.5) is 16.2 Å². The Kier molecular flexibility index (Phi) is 3.57. The molecular weight excluding hydrogens is 232 g/mol. The lowest BCUT2D eigenvalue weighted by molar-refractivity contribution is 0.133. The monoisotopic (exact) mass is 244 g/mol. The summed E-state index contributed by atoms with van der Waals surface area (Å²) < 4.78 is 0. The summed E-state index contributed by atoms with van der Waals surface area (Å²) in [6.45, 7) is 0. The molecule has 0 heterocycles. The van der Waals surface area contributed by atoms with Crippen LogP contribution in [0.3, 0.4) is 0 Å². The van der Waals surface area contributed by atoms with E-state index in [1.807, 2.05) is 0 Å². The van der Waals surface area contributed by atoms with Crippen LogP contribution >= 0.6 is 0 Å². The molecule has 0 fully saturated rings. The molecule has 2 aromatic carbocycles. The average Bonchev–Trinajstić information content (AvgIpc) is 2.40. The first-order valence-corrected chi connectivity index (χ1v) is 5.32. The fourth-order valence-electron chi connectivity index (χ4n) is 1.55. The number of amides is 1. The Morgan fingerprint density at radius 2 is 1.44 bits per heavy atom. The number of hydrogen-bond acceptors (Lipinski definition) is 3. The molecule has 0 saturated heterocycles. The maximum atomic E-state index is 11.2. The Morgan fingerprint density at radius 1 is 0.944 bits per heavy atom. The molecule has 2 N–H and O–H groups in total. The lowest BCUT2D eigenvalue weighted by Gasteiger charge is -2.14. The summed E-state index contributed by atoms with van der Waals surface area (Å²) in [6, 6.07) is 16.8. The van der Waals surface area contributed by atoms with Gasteiger partial charge < -0.3 is 5.11 Å². The van der Waals surface area contributed by atoms with Crippen LogP contribution in [0.2, 0.25) is 0 Å². The van der Waals surface area contributed by atoms with E-state index in [0.29, 0.717) is 16.5 Å². The first-order valence-electron chi connectivity index (χ1n) is 5.32. The maximum absolute atomic E-state index is 11.2. The van der Waals surface area contributed by atoms with Gasteiger partial charge in [0.25, 0.3) is 0 Å². The molecule has 2 aromatic rings. The molecule has 1 radical (unpaired) electrons. The van der Waals surface area contributed by atoms with Crippen molar-refractivity contribution in [2.75, 3.05) is 5.17 Å². The van der Waals surface area contributed by atoms with Gasteiger partial charge in [-0.05, 0) is 17.3 Å². The Bertz CT molecular complexity index is 516. The lowest BCUT2D eigenvalue weighted by Crippen LogP contribution is -2.45. The zero-order valence-corrected chi connectivity index (χ0v) is 9.47. The van der Waals surface area contributed by atoms with Gasteiger partial charge in [0.05, 0.1) is 0 Å². The van der Waals surface area contributed by atoms with Gasteiger partial charge in [-0.2, -0.15) is 4.79 Å². The largest absolute Gasteiger partial charge is 0.601 e. The molecule has 5 heteroatoms. The van der Waals surface area contributed by atoms with E-state index in [4.69, 9.17) is 0 Å². The Labute approximate surface area is 104 Å². The topological polar surface area (TPSA) is 66.7 Å². The van der Waals surface area contributed by atoms with Crippen LogP contribution in [0.15, 0.2) is 60.7 Å². The number of rotatable bonds is 3. The molecule has 2 rings (SSSR count). The van der Waals surface area contributed by atoms with E-state index in [-0.39, 0.29) is 0 Å². The van der Waals surface area contributed by atoms with Gasteiger partial charge >= 0.3 is 6.09 Å². The molecule has 0 aliphatic heterocycles. The van der Waals surface area contributed by atoms with E-state index in [1.165, 1.54) is 0 Å². The second-order valence-corrected chi connectivity index (χ2v) is 3.55. The third kappa shape index (κ3) is 2.48. The highest BCUT2D eigenvalue weighted by atomic mass is 16.6. The number of anilines is 2. The number of carbonyl (C=O) groups is 1. The van der Waals surface area contributed by atoms with Gasteiger partial charge in [0, 0.05) is 12.1 Å². The second-order valence-electron chi connectivity index (χ2n) is 3.55. The molecule has 0 aromatic heterocycles. The fraction of sp³-hybridized carbons (Fsp3) is 0. The van der Waals surface area contributed by atoms with Gasteiger partial charge in [0.15, 0.2) is 0 Å². The number of nitrogens with zero attached hydrogens (tertiary/aromatic N) is 2. The molecule has 0 aliphatic carbocycles. The van der Waals surface area contributed by atoms with Gasteiger partial charge in [0.1, 0.15) is 10.7 Å². The second kappa shape index (κ2) is 5.31. The van der Waals surface area contributed by atoms with Crippen LogP contribution in [-0.2, 0) is 0 Å². The van der Waals surface area contributed by atoms with Crippen molar-refractivity contribution in [2.24, 2.45) is 0 Å². The molecule has 91 valence electrons. The number of benzene rings is 2. The predicted molar refractivity (Wildman–Crippen MR) is 67.0 cm³/mol. The summed E-state index contributed by atoms with van der Waals surface area (Å²) in [6.07, 6.45) is -1.27. The SMILES string of the molecule is O=C(O)[N+](c1ccccc1)N(O)c1ccccc1. The third-order valence-corrected chi connectivity index (χ3v) is 2.36. The lowest BCUT2D eigenvalue weighted by atomic mass is 10.3. The van der Waals surface area contributed by atoms with Crippen molar-refractivity contribution in [2.45, 2.75) is 0 Å². The summed E-state index contributed by atoms with van der Waals surface area (Å²) in [5, 5.41) is 20.5. The van der Waals surface area contributed by atoms with Gasteiger partial charge in [-0.1, -0.05) is 36.4 Å². The van der Waals surface area contributed by atoms with Crippen molar-refractivity contribution in [1.82, 2.24) is 5.01 Å². The zero-order chi connectivity index (χ0) is 13.0. The summed E-state index contributed by atoms with van der Waals surface area (Å²) >= 11 is 0. The highest BCUT2D eigenvalue weighted by Crippen LogP contribution is 2.20. The summed E-state index contributed by atoms with van der Waals surface area (Å²) in [4.78, 5) is 11.2. The van der Waals surface area contributed by atoms with E-state index < -0.39 is 6.09 Å². The molecule has 1 amide bonds. The molecule has 0 atom stereocenters. The molecule has 0 unspecified atom stereocenters. The predicted octanol–water partition coefficient (Wildman–Crippen LogP) is 2.95. The first-order chi connectivity index (χ1) is 8.70. The summed E-state index contributed by atoms with van der Waals surface area (Å²) in [5.41, 5.74) is 0.722. The van der Waals surface area contributed by atoms with E-state index in [2.05, 4.69) is 0 Å². The number of carboxylic acid groups (broad SMARTS) is 1. The van der Waals surface area contributed by atoms with Crippen molar-refractivity contribution >= 4 is 17.5 Å². The van der Waals surface area contributed by atoms with Crippen LogP contribution in [0.25, 0.3) is 0 Å². The normalized spacial score (nSPS) is 10.3. The number of hydrogen-bond donors (Lipinski definition) is 2. The Hall–Kier alpha value is -2.37. The molecule has 5 nitrogen and oxygen atoms in total. The minimum absolute atomic E-state index is 0.358. The van der Waals surface area contributed by atoms with Crippen molar-refractivity contribution < 1.29 is 15.1 Å². The molecule has 18 heavy (non-hydrogen) atoms. The van der Waals surface area contributed by atoms with E-state index in [1.54, 1.807) is 60.7 Å². The van der Waals surface area contributed by atoms with E-state index in [0.717, 1.165) is 5.01 Å². The molecule has 0 spiro atoms. The van der Waals surface area contributed by atoms with Gasteiger partial charge in [0.2, 0.25) is 5.69 Å². The van der Waals surface area contributed by atoms with E-state index >= 15 is 0 Å². The standard InChI is InChI=1S/C13H12N2O3/c16-13(17)14(11-7-3-1-4-8-11)15(18)12-9-5-2-6-10-12/h1-10,18H,(H,16,17)/q+1. The number of para-hydroxylation sites is 2. The van der Waals surface area contributed by atoms with Crippen molar-refractivity contribution in [3.63, 3.8) is 0 Å². The quantitative estimate of drug-likeness (QED) is 0.643. The fourth-order valence-corrected chi connectivity index (χ4v) is 1.55. The minimum atomic E-state index is -1.27. The molecule has 0 bridgehead atoms. The molecule has 0 aliphatic rings. The Balaban J connectivity index is 2.35. The zero-order valence-electron chi connectivity index (χ0n) is 9.47. The van der Waals surface area contributed by atoms with Crippen molar-refractivity contribution in [1.29, 1.82) is 0 Å². The highest BCUT2D eigenvalue weighted by Gasteiger charge is 2.37. The molecule has 0 saturated carbocycles. The average molecular weight is 244 g/mol. The minimum Gasteiger partial charge on any atom is -0.429 e. The highest BCUT2D eigenvalue weighted by molar-refractivity contribution is 5.78. The van der Waals surface area contributed by atoms with Gasteiger partial charge in [-0.25, -0.2) is 5.21 Å². The Morgan fingerprint density at radius 3 is 1.94 bits per heavy atom.